The minimum atomic E-state index is 0.325. The summed E-state index contributed by atoms with van der Waals surface area (Å²) < 4.78 is 0. The summed E-state index contributed by atoms with van der Waals surface area (Å²) in [5, 5.41) is 9.73. The fourth-order valence-corrected chi connectivity index (χ4v) is 2.86. The van der Waals surface area contributed by atoms with Crippen LogP contribution in [0, 0.1) is 5.92 Å². The van der Waals surface area contributed by atoms with E-state index in [0.717, 1.165) is 18.0 Å². The molecule has 1 N–H and O–H groups in total. The van der Waals surface area contributed by atoms with Crippen molar-refractivity contribution in [1.82, 2.24) is 0 Å². The largest absolute Gasteiger partial charge is 0.508 e. The van der Waals surface area contributed by atoms with E-state index in [-0.39, 0.29) is 0 Å². The van der Waals surface area contributed by atoms with Crippen LogP contribution in [0.25, 0.3) is 12.2 Å². The van der Waals surface area contributed by atoms with Crippen molar-refractivity contribution < 1.29 is 5.11 Å². The Hall–Kier alpha value is -2.22. The van der Waals surface area contributed by atoms with Crippen LogP contribution in [0.5, 0.6) is 5.75 Å². The molecule has 0 amide bonds. The predicted molar refractivity (Wildman–Crippen MR) is 83.2 cm³/mol. The van der Waals surface area contributed by atoms with Gasteiger partial charge in [0.25, 0.3) is 0 Å². The Labute approximate surface area is 119 Å². The lowest BCUT2D eigenvalue weighted by Gasteiger charge is -2.27. The number of phenolic OH excluding ortho intramolecular Hbond substituents is 1. The van der Waals surface area contributed by atoms with Gasteiger partial charge >= 0.3 is 0 Å². The highest BCUT2D eigenvalue weighted by Gasteiger charge is 2.27. The molecule has 100 valence electrons. The average Bonchev–Trinajstić information content (AvgIpc) is 3.28. The van der Waals surface area contributed by atoms with E-state index in [1.54, 1.807) is 6.07 Å². The van der Waals surface area contributed by atoms with E-state index in [0.29, 0.717) is 5.75 Å². The summed E-state index contributed by atoms with van der Waals surface area (Å²) in [7, 11) is 0. The summed E-state index contributed by atoms with van der Waals surface area (Å²) in [5.74, 6) is 1.13. The molecule has 1 aliphatic heterocycles. The molecule has 4 rings (SSSR count). The highest BCUT2D eigenvalue weighted by molar-refractivity contribution is 5.89. The van der Waals surface area contributed by atoms with E-state index in [1.807, 2.05) is 12.1 Å². The molecule has 2 nitrogen and oxygen atoms in total. The first-order valence-electron chi connectivity index (χ1n) is 7.19. The molecule has 20 heavy (non-hydrogen) atoms. The number of para-hydroxylation sites is 1. The van der Waals surface area contributed by atoms with E-state index in [1.165, 1.54) is 29.8 Å². The molecule has 2 aromatic rings. The van der Waals surface area contributed by atoms with Crippen LogP contribution in [0.3, 0.4) is 0 Å². The fraction of sp³-hybridized carbons (Fsp3) is 0.222. The Balaban J connectivity index is 1.89. The van der Waals surface area contributed by atoms with Crippen LogP contribution < -0.4 is 4.90 Å². The third kappa shape index (κ3) is 1.97. The molecule has 0 aromatic heterocycles. The standard InChI is InChI=1S/C18H17NO/c20-16-9-10-18-15(11-16)8-7-14-3-1-2-4-17(14)19(18)12-13-5-6-13/h1-4,7-11,13,20H,5-6,12H2. The molecular weight excluding hydrogens is 246 g/mol. The van der Waals surface area contributed by atoms with Crippen molar-refractivity contribution in [2.75, 3.05) is 11.4 Å². The summed E-state index contributed by atoms with van der Waals surface area (Å²) in [5.41, 5.74) is 4.78. The van der Waals surface area contributed by atoms with Gasteiger partial charge in [-0.05, 0) is 48.6 Å². The van der Waals surface area contributed by atoms with Crippen molar-refractivity contribution in [3.05, 3.63) is 53.6 Å². The topological polar surface area (TPSA) is 23.5 Å². The van der Waals surface area contributed by atoms with Gasteiger partial charge in [-0.25, -0.2) is 0 Å². The highest BCUT2D eigenvalue weighted by atomic mass is 16.3. The first kappa shape index (κ1) is 11.6. The number of anilines is 2. The summed E-state index contributed by atoms with van der Waals surface area (Å²) in [4.78, 5) is 2.40. The monoisotopic (exact) mass is 263 g/mol. The molecule has 0 bridgehead atoms. The first-order chi connectivity index (χ1) is 9.81. The first-order valence-corrected chi connectivity index (χ1v) is 7.19. The lowest BCUT2D eigenvalue weighted by atomic mass is 10.1. The SMILES string of the molecule is Oc1ccc2c(c1)C=Cc1ccccc1N2CC1CC1. The molecule has 0 spiro atoms. The number of nitrogens with zero attached hydrogens (tertiary/aromatic N) is 1. The molecule has 1 heterocycles. The van der Waals surface area contributed by atoms with Crippen LogP contribution in [0.1, 0.15) is 24.0 Å². The van der Waals surface area contributed by atoms with Crippen LogP contribution in [0.15, 0.2) is 42.5 Å². The molecule has 0 saturated heterocycles. The molecule has 1 aliphatic carbocycles. The maximum Gasteiger partial charge on any atom is 0.116 e. The lowest BCUT2D eigenvalue weighted by molar-refractivity contribution is 0.475. The number of hydrogen-bond donors (Lipinski definition) is 1. The molecule has 1 saturated carbocycles. The van der Waals surface area contributed by atoms with Gasteiger partial charge in [0.05, 0.1) is 0 Å². The smallest absolute Gasteiger partial charge is 0.116 e. The van der Waals surface area contributed by atoms with Crippen molar-refractivity contribution in [3.8, 4) is 5.75 Å². The van der Waals surface area contributed by atoms with Crippen molar-refractivity contribution in [3.63, 3.8) is 0 Å². The van der Waals surface area contributed by atoms with E-state index >= 15 is 0 Å². The minimum Gasteiger partial charge on any atom is -0.508 e. The van der Waals surface area contributed by atoms with Gasteiger partial charge in [-0.3, -0.25) is 0 Å². The van der Waals surface area contributed by atoms with Gasteiger partial charge in [-0.15, -0.1) is 0 Å². The minimum absolute atomic E-state index is 0.325. The van der Waals surface area contributed by atoms with Gasteiger partial charge in [0.2, 0.25) is 0 Å². The Morgan fingerprint density at radius 3 is 2.55 bits per heavy atom. The third-order valence-corrected chi connectivity index (χ3v) is 4.11. The van der Waals surface area contributed by atoms with Gasteiger partial charge < -0.3 is 10.0 Å². The molecule has 0 unspecified atom stereocenters. The number of fused-ring (bicyclic) bond motifs is 2. The third-order valence-electron chi connectivity index (χ3n) is 4.11. The summed E-state index contributed by atoms with van der Waals surface area (Å²) in [6, 6.07) is 14.2. The normalized spacial score (nSPS) is 16.5. The Morgan fingerprint density at radius 1 is 0.950 bits per heavy atom. The quantitative estimate of drug-likeness (QED) is 0.866. The van der Waals surface area contributed by atoms with Crippen LogP contribution >= 0.6 is 0 Å². The van der Waals surface area contributed by atoms with Gasteiger partial charge in [-0.1, -0.05) is 30.4 Å². The summed E-state index contributed by atoms with van der Waals surface area (Å²) in [6.45, 7) is 1.07. The maximum atomic E-state index is 9.73. The lowest BCUT2D eigenvalue weighted by Crippen LogP contribution is -2.20. The second kappa shape index (κ2) is 4.41. The van der Waals surface area contributed by atoms with Crippen LogP contribution in [0.4, 0.5) is 11.4 Å². The van der Waals surface area contributed by atoms with E-state index in [9.17, 15) is 5.11 Å². The number of benzene rings is 2. The average molecular weight is 263 g/mol. The summed E-state index contributed by atoms with van der Waals surface area (Å²) in [6.07, 6.45) is 6.90. The zero-order valence-electron chi connectivity index (χ0n) is 11.3. The molecular formula is C18H17NO. The Morgan fingerprint density at radius 2 is 1.70 bits per heavy atom. The van der Waals surface area contributed by atoms with Gasteiger partial charge in [-0.2, -0.15) is 0 Å². The highest BCUT2D eigenvalue weighted by Crippen LogP contribution is 2.41. The van der Waals surface area contributed by atoms with Crippen molar-refractivity contribution >= 4 is 23.5 Å². The predicted octanol–water partition coefficient (Wildman–Crippen LogP) is 4.42. The number of hydrogen-bond acceptors (Lipinski definition) is 2. The van der Waals surface area contributed by atoms with Gasteiger partial charge in [0.15, 0.2) is 0 Å². The molecule has 2 heteroatoms. The van der Waals surface area contributed by atoms with Crippen molar-refractivity contribution in [2.45, 2.75) is 12.8 Å². The number of phenols is 1. The number of rotatable bonds is 2. The van der Waals surface area contributed by atoms with E-state index in [4.69, 9.17) is 0 Å². The van der Waals surface area contributed by atoms with Gasteiger partial charge in [0, 0.05) is 23.5 Å². The maximum absolute atomic E-state index is 9.73. The van der Waals surface area contributed by atoms with Crippen LogP contribution in [0.2, 0.25) is 0 Å². The zero-order valence-corrected chi connectivity index (χ0v) is 11.3. The number of aromatic hydroxyl groups is 1. The Kier molecular flexibility index (Phi) is 2.56. The second-order valence-corrected chi connectivity index (χ2v) is 5.69. The van der Waals surface area contributed by atoms with Crippen LogP contribution in [-0.2, 0) is 0 Å². The Bertz CT molecular complexity index is 686. The van der Waals surface area contributed by atoms with Gasteiger partial charge in [0.1, 0.15) is 5.75 Å². The molecule has 0 atom stereocenters. The molecule has 2 aliphatic rings. The second-order valence-electron chi connectivity index (χ2n) is 5.69. The molecule has 0 radical (unpaired) electrons. The van der Waals surface area contributed by atoms with E-state index < -0.39 is 0 Å². The van der Waals surface area contributed by atoms with E-state index in [2.05, 4.69) is 41.3 Å². The fourth-order valence-electron chi connectivity index (χ4n) is 2.86. The van der Waals surface area contributed by atoms with Crippen LogP contribution in [-0.4, -0.2) is 11.7 Å². The summed E-state index contributed by atoms with van der Waals surface area (Å²) >= 11 is 0. The molecule has 1 fully saturated rings. The van der Waals surface area contributed by atoms with Crippen molar-refractivity contribution in [2.24, 2.45) is 5.92 Å². The van der Waals surface area contributed by atoms with Crippen molar-refractivity contribution in [1.29, 1.82) is 0 Å². The molecule has 2 aromatic carbocycles. The zero-order chi connectivity index (χ0) is 13.5.